The molecular formula is C22H18N4OS. The first-order valence-corrected chi connectivity index (χ1v) is 10.0. The zero-order valence-electron chi connectivity index (χ0n) is 15.1. The second kappa shape index (κ2) is 7.40. The number of hydrogen-bond donors (Lipinski definition) is 1. The van der Waals surface area contributed by atoms with E-state index in [0.717, 1.165) is 32.9 Å². The van der Waals surface area contributed by atoms with Crippen molar-refractivity contribution in [2.24, 2.45) is 0 Å². The third-order valence-electron chi connectivity index (χ3n) is 4.45. The van der Waals surface area contributed by atoms with Crippen molar-refractivity contribution in [1.82, 2.24) is 15.0 Å². The van der Waals surface area contributed by atoms with Crippen LogP contribution in [-0.4, -0.2) is 15.0 Å². The van der Waals surface area contributed by atoms with E-state index in [1.54, 1.807) is 23.7 Å². The Morgan fingerprint density at radius 1 is 0.893 bits per heavy atom. The number of nitrogens with one attached hydrogen (secondary N) is 1. The molecule has 0 radical (unpaired) electrons. The smallest absolute Gasteiger partial charge is 0.208 e. The summed E-state index contributed by atoms with van der Waals surface area (Å²) in [5, 5.41) is 5.18. The molecule has 4 aromatic rings. The Balaban J connectivity index is 1.44. The molecule has 1 aliphatic carbocycles. The lowest BCUT2D eigenvalue weighted by molar-refractivity contribution is 0.496. The predicted molar refractivity (Wildman–Crippen MR) is 111 cm³/mol. The summed E-state index contributed by atoms with van der Waals surface area (Å²) in [6.07, 6.45) is 5.90. The molecular weight excluding hydrogens is 368 g/mol. The minimum Gasteiger partial charge on any atom is -0.444 e. The normalized spacial score (nSPS) is 13.3. The van der Waals surface area contributed by atoms with Crippen molar-refractivity contribution < 1.29 is 4.74 Å². The van der Waals surface area contributed by atoms with E-state index < -0.39 is 0 Å². The van der Waals surface area contributed by atoms with Gasteiger partial charge < -0.3 is 10.1 Å². The fraction of sp³-hybridized carbons (Fsp3) is 0.136. The van der Waals surface area contributed by atoms with Crippen molar-refractivity contribution in [2.45, 2.75) is 18.8 Å². The highest BCUT2D eigenvalue weighted by Gasteiger charge is 2.29. The van der Waals surface area contributed by atoms with Gasteiger partial charge in [-0.05, 0) is 31.0 Å². The van der Waals surface area contributed by atoms with E-state index in [9.17, 15) is 0 Å². The van der Waals surface area contributed by atoms with Gasteiger partial charge in [0.25, 0.3) is 0 Å². The third-order valence-corrected chi connectivity index (χ3v) is 5.55. The van der Waals surface area contributed by atoms with Crippen molar-refractivity contribution in [1.29, 1.82) is 0 Å². The zero-order chi connectivity index (χ0) is 18.8. The molecule has 0 saturated heterocycles. The molecule has 5 nitrogen and oxygen atoms in total. The molecule has 0 atom stereocenters. The summed E-state index contributed by atoms with van der Waals surface area (Å²) >= 11 is 1.64. The Bertz CT molecular complexity index is 1080. The van der Waals surface area contributed by atoms with Gasteiger partial charge in [-0.15, -0.1) is 0 Å². The van der Waals surface area contributed by atoms with Crippen LogP contribution in [0.4, 0.5) is 11.6 Å². The molecule has 0 unspecified atom stereocenters. The number of pyridine rings is 2. The topological polar surface area (TPSA) is 59.9 Å². The molecule has 6 heteroatoms. The third kappa shape index (κ3) is 3.73. The van der Waals surface area contributed by atoms with E-state index in [1.165, 1.54) is 12.8 Å². The Labute approximate surface area is 167 Å². The van der Waals surface area contributed by atoms with Crippen molar-refractivity contribution in [2.75, 3.05) is 5.32 Å². The number of ether oxygens (including phenoxy) is 1. The van der Waals surface area contributed by atoms with Crippen LogP contribution in [0, 0.1) is 0 Å². The van der Waals surface area contributed by atoms with Crippen molar-refractivity contribution in [3.8, 4) is 22.1 Å². The van der Waals surface area contributed by atoms with Crippen LogP contribution >= 0.6 is 11.3 Å². The van der Waals surface area contributed by atoms with E-state index in [4.69, 9.17) is 9.72 Å². The quantitative estimate of drug-likeness (QED) is 0.439. The molecule has 1 aliphatic rings. The van der Waals surface area contributed by atoms with Gasteiger partial charge in [-0.2, -0.15) is 0 Å². The van der Waals surface area contributed by atoms with Crippen LogP contribution in [0.3, 0.4) is 0 Å². The summed E-state index contributed by atoms with van der Waals surface area (Å²) in [7, 11) is 0. The fourth-order valence-corrected chi connectivity index (χ4v) is 4.02. The number of hydrogen-bond acceptors (Lipinski definition) is 6. The molecule has 5 rings (SSSR count). The number of thiazole rings is 1. The van der Waals surface area contributed by atoms with Gasteiger partial charge in [0, 0.05) is 29.9 Å². The zero-order valence-corrected chi connectivity index (χ0v) is 15.9. The molecule has 28 heavy (non-hydrogen) atoms. The number of anilines is 2. The highest BCUT2D eigenvalue weighted by atomic mass is 32.1. The SMILES string of the molecule is c1ccc(-c2nc(C3CC3)sc2Oc2ccnc(Nc3ccccn3)c2)cc1. The van der Waals surface area contributed by atoms with Gasteiger partial charge in [0.2, 0.25) is 5.06 Å². The maximum absolute atomic E-state index is 6.26. The first kappa shape index (κ1) is 16.9. The van der Waals surface area contributed by atoms with Gasteiger partial charge in [0.05, 0.1) is 0 Å². The minimum atomic E-state index is 0.587. The Morgan fingerprint density at radius 2 is 1.71 bits per heavy atom. The Hall–Kier alpha value is -3.25. The maximum atomic E-state index is 6.26. The minimum absolute atomic E-state index is 0.587. The maximum Gasteiger partial charge on any atom is 0.208 e. The highest BCUT2D eigenvalue weighted by molar-refractivity contribution is 7.14. The van der Waals surface area contributed by atoms with Crippen LogP contribution in [0.2, 0.25) is 0 Å². The molecule has 1 saturated carbocycles. The largest absolute Gasteiger partial charge is 0.444 e. The predicted octanol–water partition coefficient (Wildman–Crippen LogP) is 6.01. The summed E-state index contributed by atoms with van der Waals surface area (Å²) in [4.78, 5) is 13.5. The number of benzene rings is 1. The van der Waals surface area contributed by atoms with Gasteiger partial charge >= 0.3 is 0 Å². The average Bonchev–Trinajstić information content (AvgIpc) is 3.51. The van der Waals surface area contributed by atoms with Crippen LogP contribution in [0.5, 0.6) is 10.8 Å². The number of rotatable bonds is 6. The second-order valence-corrected chi connectivity index (χ2v) is 7.64. The molecule has 0 amide bonds. The Morgan fingerprint density at radius 3 is 2.50 bits per heavy atom. The average molecular weight is 386 g/mol. The summed E-state index contributed by atoms with van der Waals surface area (Å²) in [5.74, 6) is 2.73. The van der Waals surface area contributed by atoms with E-state index >= 15 is 0 Å². The second-order valence-electron chi connectivity index (χ2n) is 6.65. The summed E-state index contributed by atoms with van der Waals surface area (Å²) in [6.45, 7) is 0. The molecule has 1 fully saturated rings. The first-order chi connectivity index (χ1) is 13.8. The summed E-state index contributed by atoms with van der Waals surface area (Å²) in [6, 6.07) is 19.6. The highest BCUT2D eigenvalue weighted by Crippen LogP contribution is 2.47. The molecule has 138 valence electrons. The lowest BCUT2D eigenvalue weighted by Gasteiger charge is -2.08. The van der Waals surface area contributed by atoms with E-state index in [2.05, 4.69) is 27.4 Å². The van der Waals surface area contributed by atoms with Crippen LogP contribution in [0.1, 0.15) is 23.8 Å². The molecule has 3 aromatic heterocycles. The van der Waals surface area contributed by atoms with Gasteiger partial charge in [-0.3, -0.25) is 0 Å². The molecule has 1 N–H and O–H groups in total. The number of aromatic nitrogens is 3. The van der Waals surface area contributed by atoms with E-state index in [-0.39, 0.29) is 0 Å². The molecule has 0 bridgehead atoms. The van der Waals surface area contributed by atoms with E-state index in [0.29, 0.717) is 11.7 Å². The monoisotopic (exact) mass is 386 g/mol. The van der Waals surface area contributed by atoms with Crippen LogP contribution < -0.4 is 10.1 Å². The first-order valence-electron chi connectivity index (χ1n) is 9.23. The van der Waals surface area contributed by atoms with Crippen LogP contribution in [0.25, 0.3) is 11.3 Å². The molecule has 1 aromatic carbocycles. The van der Waals surface area contributed by atoms with Crippen LogP contribution in [0.15, 0.2) is 73.1 Å². The van der Waals surface area contributed by atoms with Gasteiger partial charge in [0.1, 0.15) is 28.1 Å². The van der Waals surface area contributed by atoms with Crippen molar-refractivity contribution >= 4 is 23.0 Å². The summed E-state index contributed by atoms with van der Waals surface area (Å²) < 4.78 is 6.26. The standard InChI is InChI=1S/C22H18N4OS/c1-2-6-15(7-3-1)20-22(28-21(26-20)16-9-10-16)27-17-11-13-24-19(14-17)25-18-8-4-5-12-23-18/h1-8,11-14,16H,9-10H2,(H,23,24,25). The number of nitrogens with zero attached hydrogens (tertiary/aromatic N) is 3. The lowest BCUT2D eigenvalue weighted by atomic mass is 10.2. The van der Waals surface area contributed by atoms with Crippen molar-refractivity contribution in [3.05, 3.63) is 78.1 Å². The van der Waals surface area contributed by atoms with E-state index in [1.807, 2.05) is 48.5 Å². The Kier molecular flexibility index (Phi) is 4.47. The molecule has 0 spiro atoms. The molecule has 0 aliphatic heterocycles. The lowest BCUT2D eigenvalue weighted by Crippen LogP contribution is -1.95. The fourth-order valence-electron chi connectivity index (χ4n) is 2.89. The van der Waals surface area contributed by atoms with Crippen molar-refractivity contribution in [3.63, 3.8) is 0 Å². The molecule has 3 heterocycles. The van der Waals surface area contributed by atoms with Gasteiger partial charge in [-0.25, -0.2) is 15.0 Å². The summed E-state index contributed by atoms with van der Waals surface area (Å²) in [5.41, 5.74) is 1.98. The van der Waals surface area contributed by atoms with Gasteiger partial charge in [-0.1, -0.05) is 47.7 Å². The van der Waals surface area contributed by atoms with Crippen LogP contribution in [-0.2, 0) is 0 Å². The van der Waals surface area contributed by atoms with Gasteiger partial charge in [0.15, 0.2) is 0 Å².